The van der Waals surface area contributed by atoms with E-state index in [1.807, 2.05) is 0 Å². The van der Waals surface area contributed by atoms with E-state index in [1.165, 1.54) is 25.7 Å². The lowest BCUT2D eigenvalue weighted by Gasteiger charge is -2.40. The van der Waals surface area contributed by atoms with Gasteiger partial charge in [0.05, 0.1) is 6.04 Å². The van der Waals surface area contributed by atoms with Crippen molar-refractivity contribution in [3.05, 3.63) is 0 Å². The Morgan fingerprint density at radius 3 is 2.36 bits per heavy atom. The fraction of sp³-hybridized carbons (Fsp3) is 0.833. The van der Waals surface area contributed by atoms with Gasteiger partial charge in [-0.1, -0.05) is 5.92 Å². The van der Waals surface area contributed by atoms with Crippen LogP contribution in [0.25, 0.3) is 0 Å². The number of terminal acetylenes is 1. The summed E-state index contributed by atoms with van der Waals surface area (Å²) in [5.41, 5.74) is 0. The summed E-state index contributed by atoms with van der Waals surface area (Å²) in [6.45, 7) is 2.16. The third kappa shape index (κ3) is 1.55. The van der Waals surface area contributed by atoms with E-state index in [4.69, 9.17) is 6.42 Å². The molecule has 0 aromatic carbocycles. The number of piperidine rings is 1. The monoisotopic (exact) mass is 192 g/mol. The quantitative estimate of drug-likeness (QED) is 0.662. The van der Waals surface area contributed by atoms with Crippen molar-refractivity contribution in [2.45, 2.75) is 56.8 Å². The number of nitrogens with one attached hydrogen (secondary N) is 1. The molecule has 0 amide bonds. The van der Waals surface area contributed by atoms with E-state index < -0.39 is 0 Å². The summed E-state index contributed by atoms with van der Waals surface area (Å²) in [5, 5.41) is 3.40. The molecule has 1 N–H and O–H groups in total. The van der Waals surface area contributed by atoms with Gasteiger partial charge >= 0.3 is 0 Å². The molecule has 0 saturated carbocycles. The maximum Gasteiger partial charge on any atom is 0.0688 e. The molecule has 0 spiro atoms. The molecule has 3 atom stereocenters. The van der Waals surface area contributed by atoms with Crippen LogP contribution in [0.3, 0.4) is 0 Å². The first-order valence-corrected chi connectivity index (χ1v) is 5.67. The van der Waals surface area contributed by atoms with Crippen molar-refractivity contribution in [3.8, 4) is 12.3 Å². The van der Waals surface area contributed by atoms with Gasteiger partial charge in [-0.3, -0.25) is 4.90 Å². The lowest BCUT2D eigenvalue weighted by molar-refractivity contribution is 0.102. The number of nitrogens with zero attached hydrogens (tertiary/aromatic N) is 1. The van der Waals surface area contributed by atoms with Crippen LogP contribution in [-0.2, 0) is 0 Å². The first-order chi connectivity index (χ1) is 6.76. The van der Waals surface area contributed by atoms with E-state index in [9.17, 15) is 0 Å². The van der Waals surface area contributed by atoms with E-state index >= 15 is 0 Å². The lowest BCUT2D eigenvalue weighted by atomic mass is 9.96. The lowest BCUT2D eigenvalue weighted by Crippen LogP contribution is -2.51. The molecular formula is C12H20N2. The highest BCUT2D eigenvalue weighted by molar-refractivity contribution is 5.06. The number of hydrogen-bond donors (Lipinski definition) is 1. The van der Waals surface area contributed by atoms with Crippen LogP contribution >= 0.6 is 0 Å². The molecule has 0 aromatic rings. The first kappa shape index (κ1) is 10.0. The van der Waals surface area contributed by atoms with Crippen LogP contribution in [0.2, 0.25) is 0 Å². The van der Waals surface area contributed by atoms with Gasteiger partial charge in [0.2, 0.25) is 0 Å². The number of rotatable bonds is 2. The van der Waals surface area contributed by atoms with Gasteiger partial charge in [-0.2, -0.15) is 0 Å². The van der Waals surface area contributed by atoms with E-state index in [1.54, 1.807) is 0 Å². The van der Waals surface area contributed by atoms with Crippen molar-refractivity contribution in [3.63, 3.8) is 0 Å². The minimum absolute atomic E-state index is 0.324. The maximum atomic E-state index is 5.51. The van der Waals surface area contributed by atoms with E-state index in [0.717, 1.165) is 12.1 Å². The van der Waals surface area contributed by atoms with Crippen LogP contribution in [-0.4, -0.2) is 36.1 Å². The highest BCUT2D eigenvalue weighted by Crippen LogP contribution is 2.36. The van der Waals surface area contributed by atoms with Gasteiger partial charge in [0.15, 0.2) is 0 Å². The second-order valence-corrected chi connectivity index (χ2v) is 4.63. The smallest absolute Gasteiger partial charge is 0.0688 e. The van der Waals surface area contributed by atoms with Crippen molar-refractivity contribution < 1.29 is 0 Å². The molecule has 2 saturated heterocycles. The summed E-state index contributed by atoms with van der Waals surface area (Å²) >= 11 is 0. The topological polar surface area (TPSA) is 15.3 Å². The Balaban J connectivity index is 2.07. The van der Waals surface area contributed by atoms with Crippen LogP contribution in [0.5, 0.6) is 0 Å². The van der Waals surface area contributed by atoms with Crippen molar-refractivity contribution in [2.75, 3.05) is 7.05 Å². The molecule has 78 valence electrons. The number of fused-ring (bicyclic) bond motifs is 2. The van der Waals surface area contributed by atoms with Crippen LogP contribution in [0, 0.1) is 12.3 Å². The van der Waals surface area contributed by atoms with Gasteiger partial charge in [0.1, 0.15) is 0 Å². The normalized spacial score (nSPS) is 39.4. The van der Waals surface area contributed by atoms with Crippen LogP contribution in [0.15, 0.2) is 0 Å². The zero-order valence-electron chi connectivity index (χ0n) is 9.16. The molecule has 2 heteroatoms. The third-order valence-corrected chi connectivity index (χ3v) is 3.89. The van der Waals surface area contributed by atoms with Gasteiger partial charge in [0.25, 0.3) is 0 Å². The summed E-state index contributed by atoms with van der Waals surface area (Å²) in [7, 11) is 2.07. The highest BCUT2D eigenvalue weighted by Gasteiger charge is 2.41. The van der Waals surface area contributed by atoms with Crippen molar-refractivity contribution in [2.24, 2.45) is 0 Å². The molecule has 2 rings (SSSR count). The second-order valence-electron chi connectivity index (χ2n) is 4.63. The summed E-state index contributed by atoms with van der Waals surface area (Å²) in [5.74, 6) is 2.87. The molecule has 2 heterocycles. The predicted molar refractivity (Wildman–Crippen MR) is 59.0 cm³/mol. The maximum absolute atomic E-state index is 5.51. The van der Waals surface area contributed by atoms with Crippen LogP contribution < -0.4 is 5.32 Å². The summed E-state index contributed by atoms with van der Waals surface area (Å²) in [6.07, 6.45) is 10.8. The van der Waals surface area contributed by atoms with Gasteiger partial charge in [-0.15, -0.1) is 6.42 Å². The summed E-state index contributed by atoms with van der Waals surface area (Å²) < 4.78 is 0. The molecule has 2 aliphatic rings. The standard InChI is InChI=1S/C12H20N2/c1-4-9(2)14-11-5-6-12(14)8-10(7-11)13-3/h1,9-13H,5-8H2,2-3H3. The molecule has 2 bridgehead atoms. The minimum Gasteiger partial charge on any atom is -0.317 e. The molecular weight excluding hydrogens is 172 g/mol. The van der Waals surface area contributed by atoms with E-state index in [0.29, 0.717) is 12.1 Å². The molecule has 3 unspecified atom stereocenters. The van der Waals surface area contributed by atoms with Gasteiger partial charge in [-0.25, -0.2) is 0 Å². The van der Waals surface area contributed by atoms with E-state index in [-0.39, 0.29) is 0 Å². The summed E-state index contributed by atoms with van der Waals surface area (Å²) in [6, 6.07) is 2.51. The van der Waals surface area contributed by atoms with E-state index in [2.05, 4.69) is 30.1 Å². The van der Waals surface area contributed by atoms with Gasteiger partial charge in [0, 0.05) is 18.1 Å². The molecule has 2 fully saturated rings. The second kappa shape index (κ2) is 3.92. The highest BCUT2D eigenvalue weighted by atomic mass is 15.2. The van der Waals surface area contributed by atoms with Crippen LogP contribution in [0.4, 0.5) is 0 Å². The molecule has 0 radical (unpaired) electrons. The molecule has 0 aromatic heterocycles. The predicted octanol–water partition coefficient (Wildman–Crippen LogP) is 1.22. The minimum atomic E-state index is 0.324. The van der Waals surface area contributed by atoms with Gasteiger partial charge in [-0.05, 0) is 39.7 Å². The van der Waals surface area contributed by atoms with Crippen molar-refractivity contribution in [1.29, 1.82) is 0 Å². The SMILES string of the molecule is C#CC(C)N1C2CCC1CC(NC)C2. The Bertz CT molecular complexity index is 229. The Kier molecular flexibility index (Phi) is 2.80. The van der Waals surface area contributed by atoms with Crippen molar-refractivity contribution >= 4 is 0 Å². The zero-order valence-corrected chi connectivity index (χ0v) is 9.16. The fourth-order valence-corrected chi connectivity index (χ4v) is 3.17. The molecule has 2 aliphatic heterocycles. The first-order valence-electron chi connectivity index (χ1n) is 5.67. The molecule has 14 heavy (non-hydrogen) atoms. The Morgan fingerprint density at radius 2 is 1.93 bits per heavy atom. The largest absolute Gasteiger partial charge is 0.317 e. The zero-order chi connectivity index (χ0) is 10.1. The molecule has 2 nitrogen and oxygen atoms in total. The van der Waals surface area contributed by atoms with Crippen LogP contribution in [0.1, 0.15) is 32.6 Å². The Hall–Kier alpha value is -0.520. The van der Waals surface area contributed by atoms with Gasteiger partial charge < -0.3 is 5.32 Å². The Morgan fingerprint density at radius 1 is 1.36 bits per heavy atom. The average molecular weight is 192 g/mol. The third-order valence-electron chi connectivity index (χ3n) is 3.89. The van der Waals surface area contributed by atoms with Crippen molar-refractivity contribution in [1.82, 2.24) is 10.2 Å². The number of hydrogen-bond acceptors (Lipinski definition) is 2. The molecule has 0 aliphatic carbocycles. The average Bonchev–Trinajstić information content (AvgIpc) is 2.48. The summed E-state index contributed by atoms with van der Waals surface area (Å²) in [4.78, 5) is 2.56. The fourth-order valence-electron chi connectivity index (χ4n) is 3.17. The Labute approximate surface area is 87.1 Å².